The third-order valence-electron chi connectivity index (χ3n) is 5.44. The van der Waals surface area contributed by atoms with Crippen LogP contribution in [0.25, 0.3) is 0 Å². The number of methoxy groups -OCH3 is 3. The summed E-state index contributed by atoms with van der Waals surface area (Å²) < 4.78 is 17.1. The fraction of sp³-hybridized carbons (Fsp3) is 0.348. The number of aryl methyl sites for hydroxylation is 2. The zero-order valence-corrected chi connectivity index (χ0v) is 18.5. The number of H-pyrrole nitrogens is 1. The molecule has 1 aromatic carbocycles. The molecule has 3 rings (SSSR count). The van der Waals surface area contributed by atoms with E-state index in [1.54, 1.807) is 42.2 Å². The number of nitrogens with zero attached hydrogens (tertiary/aromatic N) is 2. The maximum atomic E-state index is 13.5. The van der Waals surface area contributed by atoms with Crippen molar-refractivity contribution in [2.24, 2.45) is 0 Å². The maximum Gasteiger partial charge on any atom is 0.306 e. The number of esters is 1. The summed E-state index contributed by atoms with van der Waals surface area (Å²) in [6.45, 7) is 2.14. The van der Waals surface area contributed by atoms with Gasteiger partial charge < -0.3 is 28.9 Å². The second-order valence-electron chi connectivity index (χ2n) is 7.32. The first kappa shape index (κ1) is 22.9. The summed E-state index contributed by atoms with van der Waals surface area (Å²) in [6, 6.07) is 6.66. The van der Waals surface area contributed by atoms with Crippen molar-refractivity contribution in [2.45, 2.75) is 32.2 Å². The van der Waals surface area contributed by atoms with Crippen LogP contribution in [0.3, 0.4) is 0 Å². The Labute approximate surface area is 185 Å². The number of rotatable bonds is 9. The van der Waals surface area contributed by atoms with Crippen LogP contribution in [0.4, 0.5) is 0 Å². The molecule has 0 aliphatic rings. The van der Waals surface area contributed by atoms with E-state index in [-0.39, 0.29) is 23.3 Å². The van der Waals surface area contributed by atoms with Gasteiger partial charge in [-0.25, -0.2) is 4.98 Å². The number of aromatic nitrogens is 3. The van der Waals surface area contributed by atoms with Crippen molar-refractivity contribution < 1.29 is 24.1 Å². The minimum Gasteiger partial charge on any atom is -0.507 e. The van der Waals surface area contributed by atoms with Gasteiger partial charge >= 0.3 is 5.97 Å². The molecule has 2 heterocycles. The molecular weight excluding hydrogens is 414 g/mol. The average molecular weight is 441 g/mol. The van der Waals surface area contributed by atoms with Crippen LogP contribution >= 0.6 is 0 Å². The molecule has 0 fully saturated rings. The van der Waals surface area contributed by atoms with E-state index >= 15 is 0 Å². The SMILES string of the molecule is COC(=O)CC(c1ccc(OC)c(OC)c1)c1c(O)cc(C)n(CCc2cnc[nH]2)c1=O. The topological polar surface area (TPSA) is 116 Å². The highest BCUT2D eigenvalue weighted by molar-refractivity contribution is 5.71. The average Bonchev–Trinajstić information content (AvgIpc) is 3.31. The number of nitrogens with one attached hydrogen (secondary N) is 1. The molecule has 0 spiro atoms. The molecule has 9 nitrogen and oxygen atoms in total. The summed E-state index contributed by atoms with van der Waals surface area (Å²) >= 11 is 0. The highest BCUT2D eigenvalue weighted by atomic mass is 16.5. The lowest BCUT2D eigenvalue weighted by molar-refractivity contribution is -0.140. The molecule has 0 radical (unpaired) electrons. The Balaban J connectivity index is 2.11. The molecule has 9 heteroatoms. The van der Waals surface area contributed by atoms with Crippen LogP contribution in [0, 0.1) is 6.92 Å². The van der Waals surface area contributed by atoms with Crippen LogP contribution in [0.2, 0.25) is 0 Å². The molecular formula is C23H27N3O6. The Morgan fingerprint density at radius 2 is 1.94 bits per heavy atom. The molecule has 1 unspecified atom stereocenters. The van der Waals surface area contributed by atoms with Gasteiger partial charge in [-0.15, -0.1) is 0 Å². The number of carbonyl (C=O) groups excluding carboxylic acids is 1. The molecule has 0 aliphatic heterocycles. The summed E-state index contributed by atoms with van der Waals surface area (Å²) in [7, 11) is 4.31. The lowest BCUT2D eigenvalue weighted by atomic mass is 9.88. The lowest BCUT2D eigenvalue weighted by Gasteiger charge is -2.21. The van der Waals surface area contributed by atoms with Crippen molar-refractivity contribution in [2.75, 3.05) is 21.3 Å². The number of aromatic hydroxyl groups is 1. The summed E-state index contributed by atoms with van der Waals surface area (Å²) in [4.78, 5) is 32.7. The second-order valence-corrected chi connectivity index (χ2v) is 7.32. The van der Waals surface area contributed by atoms with E-state index in [0.717, 1.165) is 5.69 Å². The van der Waals surface area contributed by atoms with Crippen molar-refractivity contribution >= 4 is 5.97 Å². The van der Waals surface area contributed by atoms with Crippen LogP contribution in [0.5, 0.6) is 17.2 Å². The van der Waals surface area contributed by atoms with E-state index in [0.29, 0.717) is 35.7 Å². The molecule has 2 aromatic heterocycles. The first-order chi connectivity index (χ1) is 15.4. The number of imidazole rings is 1. The third-order valence-corrected chi connectivity index (χ3v) is 5.44. The normalized spacial score (nSPS) is 11.8. The number of benzene rings is 1. The minimum absolute atomic E-state index is 0.123. The van der Waals surface area contributed by atoms with Crippen LogP contribution < -0.4 is 15.0 Å². The van der Waals surface area contributed by atoms with E-state index in [2.05, 4.69) is 9.97 Å². The molecule has 1 atom stereocenters. The monoisotopic (exact) mass is 441 g/mol. The fourth-order valence-electron chi connectivity index (χ4n) is 3.73. The zero-order valence-electron chi connectivity index (χ0n) is 18.5. The van der Waals surface area contributed by atoms with Gasteiger partial charge in [0.25, 0.3) is 5.56 Å². The Morgan fingerprint density at radius 1 is 1.19 bits per heavy atom. The van der Waals surface area contributed by atoms with Gasteiger partial charge in [-0.2, -0.15) is 0 Å². The summed E-state index contributed by atoms with van der Waals surface area (Å²) in [5.41, 5.74) is 1.87. The highest BCUT2D eigenvalue weighted by Crippen LogP contribution is 2.37. The van der Waals surface area contributed by atoms with Crippen molar-refractivity contribution in [3.63, 3.8) is 0 Å². The van der Waals surface area contributed by atoms with Gasteiger partial charge in [0.05, 0.1) is 39.6 Å². The van der Waals surface area contributed by atoms with E-state index in [4.69, 9.17) is 14.2 Å². The van der Waals surface area contributed by atoms with Gasteiger partial charge in [0.2, 0.25) is 0 Å². The highest BCUT2D eigenvalue weighted by Gasteiger charge is 2.27. The molecule has 0 aliphatic carbocycles. The van der Waals surface area contributed by atoms with Gasteiger partial charge in [0.1, 0.15) is 5.75 Å². The van der Waals surface area contributed by atoms with Crippen LogP contribution in [-0.2, 0) is 22.5 Å². The van der Waals surface area contributed by atoms with Gasteiger partial charge in [-0.05, 0) is 30.7 Å². The molecule has 0 saturated carbocycles. The maximum absolute atomic E-state index is 13.5. The Kier molecular flexibility index (Phi) is 7.19. The van der Waals surface area contributed by atoms with E-state index in [1.165, 1.54) is 27.4 Å². The van der Waals surface area contributed by atoms with Gasteiger partial charge in [-0.1, -0.05) is 6.07 Å². The molecule has 170 valence electrons. The van der Waals surface area contributed by atoms with Gasteiger partial charge in [0, 0.05) is 36.5 Å². The summed E-state index contributed by atoms with van der Waals surface area (Å²) in [5, 5.41) is 10.8. The molecule has 0 amide bonds. The van der Waals surface area contributed by atoms with Crippen molar-refractivity contribution in [3.05, 3.63) is 69.7 Å². The first-order valence-electron chi connectivity index (χ1n) is 10.1. The predicted octanol–water partition coefficient (Wildman–Crippen LogP) is 2.54. The third kappa shape index (κ3) is 4.77. The van der Waals surface area contributed by atoms with E-state index < -0.39 is 11.9 Å². The quantitative estimate of drug-likeness (QED) is 0.490. The zero-order chi connectivity index (χ0) is 23.3. The van der Waals surface area contributed by atoms with Gasteiger partial charge in [-0.3, -0.25) is 9.59 Å². The smallest absolute Gasteiger partial charge is 0.306 e. The largest absolute Gasteiger partial charge is 0.507 e. The first-order valence-corrected chi connectivity index (χ1v) is 10.1. The van der Waals surface area contributed by atoms with Crippen molar-refractivity contribution in [1.82, 2.24) is 14.5 Å². The second kappa shape index (κ2) is 10.0. The van der Waals surface area contributed by atoms with E-state index in [9.17, 15) is 14.7 Å². The fourth-order valence-corrected chi connectivity index (χ4v) is 3.73. The predicted molar refractivity (Wildman–Crippen MR) is 117 cm³/mol. The summed E-state index contributed by atoms with van der Waals surface area (Å²) in [5.74, 6) is -0.458. The van der Waals surface area contributed by atoms with Crippen LogP contribution in [-0.4, -0.2) is 46.9 Å². The summed E-state index contributed by atoms with van der Waals surface area (Å²) in [6.07, 6.45) is 3.71. The number of pyridine rings is 1. The Hall–Kier alpha value is -3.75. The number of carbonyl (C=O) groups is 1. The number of hydrogen-bond acceptors (Lipinski definition) is 7. The number of hydrogen-bond donors (Lipinski definition) is 2. The standard InChI is InChI=1S/C23H27N3O6/c1-14-9-18(27)22(23(29)26(14)8-7-16-12-24-13-25-16)17(11-21(28)32-4)15-5-6-19(30-2)20(10-15)31-3/h5-6,9-10,12-13,17,27H,7-8,11H2,1-4H3,(H,24,25). The van der Waals surface area contributed by atoms with Crippen molar-refractivity contribution in [1.29, 1.82) is 0 Å². The number of ether oxygens (including phenoxy) is 3. The Bertz CT molecular complexity index is 1140. The molecule has 2 N–H and O–H groups in total. The minimum atomic E-state index is -0.742. The number of aromatic amines is 1. The molecule has 0 saturated heterocycles. The lowest BCUT2D eigenvalue weighted by Crippen LogP contribution is -2.29. The van der Waals surface area contributed by atoms with Crippen LogP contribution in [0.1, 0.15) is 34.9 Å². The van der Waals surface area contributed by atoms with Crippen molar-refractivity contribution in [3.8, 4) is 17.2 Å². The van der Waals surface area contributed by atoms with Gasteiger partial charge in [0.15, 0.2) is 11.5 Å². The van der Waals surface area contributed by atoms with Crippen LogP contribution in [0.15, 0.2) is 41.6 Å². The molecule has 32 heavy (non-hydrogen) atoms. The Morgan fingerprint density at radius 3 is 2.56 bits per heavy atom. The molecule has 3 aromatic rings. The molecule has 0 bridgehead atoms. The van der Waals surface area contributed by atoms with E-state index in [1.807, 2.05) is 0 Å².